The molecule has 3 nitrogen and oxygen atoms in total. The van der Waals surface area contributed by atoms with Crippen LogP contribution < -0.4 is 11.1 Å². The molecule has 1 rings (SSSR count). The van der Waals surface area contributed by atoms with E-state index in [1.54, 1.807) is 6.92 Å². The summed E-state index contributed by atoms with van der Waals surface area (Å²) in [6, 6.07) is -0.191. The van der Waals surface area contributed by atoms with E-state index in [0.29, 0.717) is 10.9 Å². The van der Waals surface area contributed by atoms with E-state index in [-0.39, 0.29) is 17.9 Å². The van der Waals surface area contributed by atoms with Crippen LogP contribution in [-0.2, 0) is 4.79 Å². The minimum Gasteiger partial charge on any atom is -0.392 e. The summed E-state index contributed by atoms with van der Waals surface area (Å²) < 4.78 is 0. The first kappa shape index (κ1) is 10.4. The molecule has 0 heterocycles. The summed E-state index contributed by atoms with van der Waals surface area (Å²) in [6.45, 7) is 3.76. The van der Waals surface area contributed by atoms with Gasteiger partial charge in [-0.2, -0.15) is 0 Å². The molecule has 2 atom stereocenters. The quantitative estimate of drug-likeness (QED) is 0.661. The highest BCUT2D eigenvalue weighted by molar-refractivity contribution is 7.80. The Bertz CT molecular complexity index is 226. The van der Waals surface area contributed by atoms with Crippen LogP contribution in [0, 0.1) is 11.8 Å². The molecule has 1 amide bonds. The molecule has 2 unspecified atom stereocenters. The number of thiocarbonyl (C=S) groups is 1. The standard InChI is InChI=1S/C9H16N2OS/c1-5(7-3-4-7)9(12)11-6(2)8(10)13/h5-7H,3-4H2,1-2H3,(H2,10,13)(H,11,12). The second-order valence-corrected chi connectivity index (χ2v) is 4.23. The van der Waals surface area contributed by atoms with E-state index in [1.807, 2.05) is 6.92 Å². The lowest BCUT2D eigenvalue weighted by atomic mass is 10.1. The van der Waals surface area contributed by atoms with E-state index in [9.17, 15) is 4.79 Å². The molecular weight excluding hydrogens is 184 g/mol. The summed E-state index contributed by atoms with van der Waals surface area (Å²) in [5, 5.41) is 2.80. The van der Waals surface area contributed by atoms with Gasteiger partial charge in [-0.3, -0.25) is 4.79 Å². The van der Waals surface area contributed by atoms with Crippen LogP contribution in [0.4, 0.5) is 0 Å². The second kappa shape index (κ2) is 4.05. The maximum atomic E-state index is 11.5. The Morgan fingerprint density at radius 3 is 2.46 bits per heavy atom. The minimum absolute atomic E-state index is 0.0720. The number of carbonyl (C=O) groups excluding carboxylic acids is 1. The van der Waals surface area contributed by atoms with Crippen molar-refractivity contribution in [3.8, 4) is 0 Å². The third-order valence-corrected chi connectivity index (χ3v) is 2.88. The molecule has 1 saturated carbocycles. The molecule has 0 aromatic heterocycles. The van der Waals surface area contributed by atoms with Gasteiger partial charge in [0, 0.05) is 5.92 Å². The minimum atomic E-state index is -0.191. The zero-order chi connectivity index (χ0) is 10.0. The Kier molecular flexibility index (Phi) is 3.25. The van der Waals surface area contributed by atoms with Gasteiger partial charge in [0.05, 0.1) is 11.0 Å². The van der Waals surface area contributed by atoms with Crippen molar-refractivity contribution >= 4 is 23.1 Å². The van der Waals surface area contributed by atoms with Gasteiger partial charge in [0.2, 0.25) is 5.91 Å². The summed E-state index contributed by atoms with van der Waals surface area (Å²) >= 11 is 4.77. The van der Waals surface area contributed by atoms with Crippen LogP contribution in [-0.4, -0.2) is 16.9 Å². The number of hydrogen-bond donors (Lipinski definition) is 2. The molecule has 1 aliphatic carbocycles. The molecule has 0 aromatic rings. The predicted octanol–water partition coefficient (Wildman–Crippen LogP) is 0.823. The molecule has 0 saturated heterocycles. The first-order valence-electron chi connectivity index (χ1n) is 4.62. The average Bonchev–Trinajstić information content (AvgIpc) is 2.85. The molecule has 0 bridgehead atoms. The van der Waals surface area contributed by atoms with Crippen molar-refractivity contribution in [2.24, 2.45) is 17.6 Å². The van der Waals surface area contributed by atoms with Crippen LogP contribution in [0.15, 0.2) is 0 Å². The van der Waals surface area contributed by atoms with Gasteiger partial charge in [-0.1, -0.05) is 19.1 Å². The highest BCUT2D eigenvalue weighted by Gasteiger charge is 2.32. The molecule has 0 aliphatic heterocycles. The number of nitrogens with one attached hydrogen (secondary N) is 1. The number of carbonyl (C=O) groups is 1. The zero-order valence-corrected chi connectivity index (χ0v) is 8.86. The fourth-order valence-corrected chi connectivity index (χ4v) is 1.29. The first-order chi connectivity index (χ1) is 6.02. The topological polar surface area (TPSA) is 55.1 Å². The molecule has 1 fully saturated rings. The summed E-state index contributed by atoms with van der Waals surface area (Å²) in [4.78, 5) is 11.9. The highest BCUT2D eigenvalue weighted by atomic mass is 32.1. The van der Waals surface area contributed by atoms with Crippen LogP contribution in [0.1, 0.15) is 26.7 Å². The Morgan fingerprint density at radius 1 is 1.54 bits per heavy atom. The molecule has 0 spiro atoms. The molecule has 1 aliphatic rings. The summed E-state index contributed by atoms with van der Waals surface area (Å²) in [6.07, 6.45) is 2.35. The van der Waals surface area contributed by atoms with Gasteiger partial charge in [-0.05, 0) is 25.7 Å². The molecule has 13 heavy (non-hydrogen) atoms. The van der Waals surface area contributed by atoms with E-state index in [0.717, 1.165) is 0 Å². The summed E-state index contributed by atoms with van der Waals surface area (Å²) in [5.41, 5.74) is 5.39. The largest absolute Gasteiger partial charge is 0.392 e. The number of hydrogen-bond acceptors (Lipinski definition) is 2. The van der Waals surface area contributed by atoms with Gasteiger partial charge in [0.15, 0.2) is 0 Å². The smallest absolute Gasteiger partial charge is 0.223 e. The van der Waals surface area contributed by atoms with Gasteiger partial charge in [0.25, 0.3) is 0 Å². The SMILES string of the molecule is CC(NC(=O)C(C)C1CC1)C(N)=S. The predicted molar refractivity (Wildman–Crippen MR) is 56.3 cm³/mol. The van der Waals surface area contributed by atoms with Gasteiger partial charge in [-0.25, -0.2) is 0 Å². The van der Waals surface area contributed by atoms with Crippen molar-refractivity contribution in [2.45, 2.75) is 32.7 Å². The van der Waals surface area contributed by atoms with Crippen LogP contribution in [0.3, 0.4) is 0 Å². The number of amides is 1. The van der Waals surface area contributed by atoms with Gasteiger partial charge < -0.3 is 11.1 Å². The van der Waals surface area contributed by atoms with Gasteiger partial charge in [-0.15, -0.1) is 0 Å². The molecule has 0 aromatic carbocycles. The number of rotatable bonds is 4. The first-order valence-corrected chi connectivity index (χ1v) is 5.03. The van der Waals surface area contributed by atoms with Crippen molar-refractivity contribution in [2.75, 3.05) is 0 Å². The fourth-order valence-electron chi connectivity index (χ4n) is 1.23. The van der Waals surface area contributed by atoms with E-state index < -0.39 is 0 Å². The van der Waals surface area contributed by atoms with E-state index in [4.69, 9.17) is 18.0 Å². The lowest BCUT2D eigenvalue weighted by Crippen LogP contribution is -2.43. The van der Waals surface area contributed by atoms with Crippen molar-refractivity contribution < 1.29 is 4.79 Å². The second-order valence-electron chi connectivity index (χ2n) is 3.76. The zero-order valence-electron chi connectivity index (χ0n) is 8.04. The summed E-state index contributed by atoms with van der Waals surface area (Å²) in [7, 11) is 0. The monoisotopic (exact) mass is 200 g/mol. The maximum absolute atomic E-state index is 11.5. The Labute approximate surface area is 84.1 Å². The molecular formula is C9H16N2OS. The Morgan fingerprint density at radius 2 is 2.08 bits per heavy atom. The maximum Gasteiger partial charge on any atom is 0.223 e. The lowest BCUT2D eigenvalue weighted by Gasteiger charge is -2.15. The number of nitrogens with two attached hydrogens (primary N) is 1. The van der Waals surface area contributed by atoms with E-state index >= 15 is 0 Å². The highest BCUT2D eigenvalue weighted by Crippen LogP contribution is 2.36. The third kappa shape index (κ3) is 2.95. The van der Waals surface area contributed by atoms with E-state index in [1.165, 1.54) is 12.8 Å². The Hall–Kier alpha value is -0.640. The average molecular weight is 200 g/mol. The van der Waals surface area contributed by atoms with Crippen molar-refractivity contribution in [3.63, 3.8) is 0 Å². The molecule has 4 heteroatoms. The van der Waals surface area contributed by atoms with Crippen LogP contribution in [0.5, 0.6) is 0 Å². The third-order valence-electron chi connectivity index (χ3n) is 2.53. The normalized spacial score (nSPS) is 20.5. The van der Waals surface area contributed by atoms with E-state index in [2.05, 4.69) is 5.32 Å². The molecule has 3 N–H and O–H groups in total. The Balaban J connectivity index is 2.35. The summed E-state index contributed by atoms with van der Waals surface area (Å²) in [5.74, 6) is 0.762. The van der Waals surface area contributed by atoms with Crippen molar-refractivity contribution in [1.29, 1.82) is 0 Å². The van der Waals surface area contributed by atoms with Crippen LogP contribution in [0.2, 0.25) is 0 Å². The van der Waals surface area contributed by atoms with Crippen LogP contribution >= 0.6 is 12.2 Å². The molecule has 74 valence electrons. The lowest BCUT2D eigenvalue weighted by molar-refractivity contribution is -0.125. The van der Waals surface area contributed by atoms with Crippen LogP contribution in [0.25, 0.3) is 0 Å². The fraction of sp³-hybridized carbons (Fsp3) is 0.778. The van der Waals surface area contributed by atoms with Gasteiger partial charge >= 0.3 is 0 Å². The molecule has 0 radical (unpaired) electrons. The van der Waals surface area contributed by atoms with Crippen molar-refractivity contribution in [1.82, 2.24) is 5.32 Å². The van der Waals surface area contributed by atoms with Gasteiger partial charge in [0.1, 0.15) is 0 Å². The van der Waals surface area contributed by atoms with Crippen molar-refractivity contribution in [3.05, 3.63) is 0 Å².